The lowest BCUT2D eigenvalue weighted by molar-refractivity contribution is 0.187. The second kappa shape index (κ2) is 7.98. The Morgan fingerprint density at radius 3 is 2.76 bits per heavy atom. The molecule has 2 unspecified atom stereocenters. The van der Waals surface area contributed by atoms with Gasteiger partial charge in [0.25, 0.3) is 0 Å². The second-order valence-electron chi connectivity index (χ2n) is 4.71. The first-order chi connectivity index (χ1) is 8.21. The molecule has 17 heavy (non-hydrogen) atoms. The lowest BCUT2D eigenvalue weighted by Crippen LogP contribution is -2.31. The number of ether oxygens (including phenoxy) is 1. The molecular formula is C13H26N2OS. The third-order valence-electron chi connectivity index (χ3n) is 3.38. The minimum atomic E-state index is 0.446. The van der Waals surface area contributed by atoms with Crippen LogP contribution < -0.4 is 5.32 Å². The molecule has 100 valence electrons. The Kier molecular flexibility index (Phi) is 6.97. The third kappa shape index (κ3) is 4.88. The van der Waals surface area contributed by atoms with Gasteiger partial charge in [0.1, 0.15) is 0 Å². The van der Waals surface area contributed by atoms with Crippen molar-refractivity contribution in [1.82, 2.24) is 5.32 Å². The molecule has 0 saturated heterocycles. The molecule has 0 fully saturated rings. The largest absolute Gasteiger partial charge is 0.385 e. The number of thioether (sulfide) groups is 1. The summed E-state index contributed by atoms with van der Waals surface area (Å²) in [7, 11) is 1.75. The van der Waals surface area contributed by atoms with E-state index in [-0.39, 0.29) is 0 Å². The van der Waals surface area contributed by atoms with Crippen molar-refractivity contribution in [2.75, 3.05) is 20.3 Å². The van der Waals surface area contributed by atoms with Crippen LogP contribution in [0.15, 0.2) is 4.99 Å². The fourth-order valence-electron chi connectivity index (χ4n) is 2.11. The standard InChI is InChI=1S/C13H26N2OS/c1-5-11(6-2)12-9-14-13(17-12)15-10(3)7-8-16-4/h10-12H,5-9H2,1-4H3,(H,14,15). The van der Waals surface area contributed by atoms with Crippen LogP contribution in [0.5, 0.6) is 0 Å². The van der Waals surface area contributed by atoms with E-state index in [1.165, 1.54) is 12.8 Å². The maximum Gasteiger partial charge on any atom is 0.157 e. The van der Waals surface area contributed by atoms with E-state index in [2.05, 4.69) is 31.1 Å². The monoisotopic (exact) mass is 258 g/mol. The highest BCUT2D eigenvalue weighted by Gasteiger charge is 2.26. The summed E-state index contributed by atoms with van der Waals surface area (Å²) in [6, 6.07) is 0.446. The summed E-state index contributed by atoms with van der Waals surface area (Å²) in [4.78, 5) is 4.61. The second-order valence-corrected chi connectivity index (χ2v) is 5.93. The van der Waals surface area contributed by atoms with Crippen LogP contribution in [0.25, 0.3) is 0 Å². The van der Waals surface area contributed by atoms with Crippen molar-refractivity contribution in [3.63, 3.8) is 0 Å². The highest BCUT2D eigenvalue weighted by atomic mass is 32.2. The quantitative estimate of drug-likeness (QED) is 0.762. The summed E-state index contributed by atoms with van der Waals surface area (Å²) in [5, 5.41) is 5.29. The Bertz CT molecular complexity index is 242. The number of hydrogen-bond acceptors (Lipinski definition) is 4. The molecule has 0 aromatic carbocycles. The smallest absolute Gasteiger partial charge is 0.157 e. The summed E-state index contributed by atoms with van der Waals surface area (Å²) in [5.41, 5.74) is 0. The van der Waals surface area contributed by atoms with Crippen molar-refractivity contribution < 1.29 is 4.74 Å². The van der Waals surface area contributed by atoms with Gasteiger partial charge in [-0.25, -0.2) is 0 Å². The van der Waals surface area contributed by atoms with Gasteiger partial charge in [0.05, 0.1) is 6.54 Å². The lowest BCUT2D eigenvalue weighted by Gasteiger charge is -2.19. The number of hydrogen-bond donors (Lipinski definition) is 1. The zero-order valence-corrected chi connectivity index (χ0v) is 12.3. The predicted octanol–water partition coefficient (Wildman–Crippen LogP) is 2.91. The average molecular weight is 258 g/mol. The highest BCUT2D eigenvalue weighted by Crippen LogP contribution is 2.30. The zero-order chi connectivity index (χ0) is 12.7. The summed E-state index contributed by atoms with van der Waals surface area (Å²) < 4.78 is 5.08. The van der Waals surface area contributed by atoms with Crippen LogP contribution in [0.3, 0.4) is 0 Å². The van der Waals surface area contributed by atoms with Crippen molar-refractivity contribution in [3.8, 4) is 0 Å². The average Bonchev–Trinajstić information content (AvgIpc) is 2.76. The van der Waals surface area contributed by atoms with Crippen LogP contribution in [-0.2, 0) is 4.74 Å². The van der Waals surface area contributed by atoms with E-state index in [1.807, 2.05) is 11.8 Å². The Hall–Kier alpha value is -0.220. The fraction of sp³-hybridized carbons (Fsp3) is 0.923. The topological polar surface area (TPSA) is 33.6 Å². The summed E-state index contributed by atoms with van der Waals surface area (Å²) in [6.07, 6.45) is 3.55. The molecule has 1 aliphatic heterocycles. The van der Waals surface area contributed by atoms with Gasteiger partial charge < -0.3 is 10.1 Å². The molecule has 4 heteroatoms. The molecule has 1 rings (SSSR count). The molecule has 0 amide bonds. The van der Waals surface area contributed by atoms with Crippen molar-refractivity contribution in [2.45, 2.75) is 51.3 Å². The van der Waals surface area contributed by atoms with E-state index in [0.717, 1.165) is 30.7 Å². The van der Waals surface area contributed by atoms with Gasteiger partial charge in [0.15, 0.2) is 5.17 Å². The number of nitrogens with zero attached hydrogens (tertiary/aromatic N) is 1. The van der Waals surface area contributed by atoms with E-state index in [0.29, 0.717) is 11.3 Å². The minimum absolute atomic E-state index is 0.446. The molecule has 1 heterocycles. The Morgan fingerprint density at radius 2 is 2.18 bits per heavy atom. The molecular weight excluding hydrogens is 232 g/mol. The van der Waals surface area contributed by atoms with Gasteiger partial charge >= 0.3 is 0 Å². The fourth-order valence-corrected chi connectivity index (χ4v) is 3.54. The minimum Gasteiger partial charge on any atom is -0.385 e. The predicted molar refractivity (Wildman–Crippen MR) is 76.8 cm³/mol. The van der Waals surface area contributed by atoms with E-state index in [1.54, 1.807) is 7.11 Å². The molecule has 0 saturated carbocycles. The van der Waals surface area contributed by atoms with Gasteiger partial charge in [-0.15, -0.1) is 0 Å². The summed E-state index contributed by atoms with van der Waals surface area (Å²) >= 11 is 1.93. The van der Waals surface area contributed by atoms with Crippen LogP contribution in [0, 0.1) is 5.92 Å². The summed E-state index contributed by atoms with van der Waals surface area (Å²) in [5.74, 6) is 0.803. The number of methoxy groups -OCH3 is 1. The number of aliphatic imine (C=N–C) groups is 1. The van der Waals surface area contributed by atoms with Crippen molar-refractivity contribution in [2.24, 2.45) is 10.9 Å². The number of nitrogens with one attached hydrogen (secondary N) is 1. The van der Waals surface area contributed by atoms with Gasteiger partial charge in [-0.05, 0) is 19.3 Å². The van der Waals surface area contributed by atoms with Gasteiger partial charge in [0.2, 0.25) is 0 Å². The van der Waals surface area contributed by atoms with Gasteiger partial charge in [0, 0.05) is 25.0 Å². The van der Waals surface area contributed by atoms with E-state index in [9.17, 15) is 0 Å². The van der Waals surface area contributed by atoms with E-state index >= 15 is 0 Å². The molecule has 3 nitrogen and oxygen atoms in total. The molecule has 0 aliphatic carbocycles. The Labute approximate surface area is 110 Å². The zero-order valence-electron chi connectivity index (χ0n) is 11.5. The summed E-state index contributed by atoms with van der Waals surface area (Å²) in [6.45, 7) is 8.54. The number of amidine groups is 1. The van der Waals surface area contributed by atoms with E-state index < -0.39 is 0 Å². The first-order valence-electron chi connectivity index (χ1n) is 6.67. The third-order valence-corrected chi connectivity index (χ3v) is 4.68. The van der Waals surface area contributed by atoms with Crippen LogP contribution in [0.2, 0.25) is 0 Å². The van der Waals surface area contributed by atoms with Crippen molar-refractivity contribution in [3.05, 3.63) is 0 Å². The van der Waals surface area contributed by atoms with Crippen molar-refractivity contribution >= 4 is 16.9 Å². The van der Waals surface area contributed by atoms with Gasteiger partial charge in [-0.3, -0.25) is 4.99 Å². The maximum atomic E-state index is 5.08. The first kappa shape index (κ1) is 14.8. The lowest BCUT2D eigenvalue weighted by atomic mass is 9.99. The molecule has 0 aromatic heterocycles. The van der Waals surface area contributed by atoms with E-state index in [4.69, 9.17) is 4.74 Å². The molecule has 1 N–H and O–H groups in total. The van der Waals surface area contributed by atoms with Crippen LogP contribution in [-0.4, -0.2) is 36.7 Å². The van der Waals surface area contributed by atoms with Gasteiger partial charge in [-0.1, -0.05) is 38.5 Å². The molecule has 0 spiro atoms. The molecule has 0 aromatic rings. The Morgan fingerprint density at radius 1 is 1.47 bits per heavy atom. The Balaban J connectivity index is 2.29. The molecule has 0 radical (unpaired) electrons. The maximum absolute atomic E-state index is 5.08. The van der Waals surface area contributed by atoms with Gasteiger partial charge in [-0.2, -0.15) is 0 Å². The molecule has 0 bridgehead atoms. The molecule has 1 aliphatic rings. The SMILES string of the molecule is CCC(CC)C1CN=C(NC(C)CCOC)S1. The van der Waals surface area contributed by atoms with Crippen molar-refractivity contribution in [1.29, 1.82) is 0 Å². The normalized spacial score (nSPS) is 21.7. The van der Waals surface area contributed by atoms with Crippen LogP contribution in [0.4, 0.5) is 0 Å². The molecule has 2 atom stereocenters. The highest BCUT2D eigenvalue weighted by molar-refractivity contribution is 8.14. The van der Waals surface area contributed by atoms with Crippen LogP contribution in [0.1, 0.15) is 40.0 Å². The number of rotatable bonds is 7. The first-order valence-corrected chi connectivity index (χ1v) is 7.55. The van der Waals surface area contributed by atoms with Crippen LogP contribution >= 0.6 is 11.8 Å².